The molecule has 0 saturated carbocycles. The second-order valence-electron chi connectivity index (χ2n) is 8.63. The van der Waals surface area contributed by atoms with Gasteiger partial charge in [-0.25, -0.2) is 8.42 Å². The zero-order valence-electron chi connectivity index (χ0n) is 19.7. The molecule has 1 N–H and O–H groups in total. The monoisotopic (exact) mass is 442 g/mol. The van der Waals surface area contributed by atoms with Crippen molar-refractivity contribution in [1.29, 1.82) is 0 Å². The molecule has 0 aromatic heterocycles. The van der Waals surface area contributed by atoms with Crippen LogP contribution in [0.15, 0.2) is 0 Å². The fraction of sp³-hybridized carbons (Fsp3) is 1.00. The molecule has 0 aromatic rings. The van der Waals surface area contributed by atoms with Gasteiger partial charge < -0.3 is 9.66 Å². The van der Waals surface area contributed by atoms with E-state index in [0.717, 1.165) is 38.5 Å². The summed E-state index contributed by atoms with van der Waals surface area (Å²) in [7, 11) is -4.10. The van der Waals surface area contributed by atoms with E-state index in [4.69, 9.17) is 0 Å². The molecule has 0 rings (SSSR count). The van der Waals surface area contributed by atoms with Crippen LogP contribution < -0.4 is 29.6 Å². The summed E-state index contributed by atoms with van der Waals surface area (Å²) in [6, 6.07) is 0. The standard InChI is InChI=1S/C23H48O4S.Na/c1-3-4-5-6-10-14-17-20-23(24)21-18-15-12-9-7-8-11-13-16-19-22(2)28(25,26)27;/h22-24H,3-21H2,1-2H3,(H,25,26,27);/q;+1/p-1. The van der Waals surface area contributed by atoms with Gasteiger partial charge in [-0.05, 0) is 26.2 Å². The van der Waals surface area contributed by atoms with Crippen molar-refractivity contribution in [2.75, 3.05) is 0 Å². The topological polar surface area (TPSA) is 77.4 Å². The maximum Gasteiger partial charge on any atom is 1.00 e. The van der Waals surface area contributed by atoms with Crippen LogP contribution in [0.1, 0.15) is 136 Å². The van der Waals surface area contributed by atoms with Crippen molar-refractivity contribution in [2.24, 2.45) is 0 Å². The summed E-state index contributed by atoms with van der Waals surface area (Å²) in [5, 5.41) is 9.30. The molecule has 4 nitrogen and oxygen atoms in total. The van der Waals surface area contributed by atoms with E-state index in [1.54, 1.807) is 0 Å². The van der Waals surface area contributed by atoms with Crippen LogP contribution in [-0.2, 0) is 10.1 Å². The van der Waals surface area contributed by atoms with Crippen LogP contribution in [0.3, 0.4) is 0 Å². The van der Waals surface area contributed by atoms with Crippen LogP contribution >= 0.6 is 0 Å². The number of unbranched alkanes of at least 4 members (excludes halogenated alkanes) is 14. The molecular formula is C23H47NaO4S. The predicted octanol–water partition coefficient (Wildman–Crippen LogP) is 3.72. The second-order valence-corrected chi connectivity index (χ2v) is 10.4. The molecule has 0 aliphatic heterocycles. The van der Waals surface area contributed by atoms with Crippen LogP contribution in [0.4, 0.5) is 0 Å². The fourth-order valence-electron chi connectivity index (χ4n) is 3.67. The number of rotatable bonds is 21. The van der Waals surface area contributed by atoms with E-state index in [-0.39, 0.29) is 35.7 Å². The average Bonchev–Trinajstić information content (AvgIpc) is 2.64. The zero-order chi connectivity index (χ0) is 21.1. The molecule has 0 saturated heterocycles. The third-order valence-electron chi connectivity index (χ3n) is 5.78. The molecule has 29 heavy (non-hydrogen) atoms. The first kappa shape index (κ1) is 32.1. The fourth-order valence-corrected chi connectivity index (χ4v) is 4.13. The van der Waals surface area contributed by atoms with Gasteiger partial charge in [-0.3, -0.25) is 0 Å². The minimum atomic E-state index is -4.10. The molecule has 0 bridgehead atoms. The van der Waals surface area contributed by atoms with Crippen molar-refractivity contribution in [3.05, 3.63) is 0 Å². The minimum Gasteiger partial charge on any atom is -0.748 e. The first-order valence-corrected chi connectivity index (χ1v) is 13.5. The first-order chi connectivity index (χ1) is 13.4. The quantitative estimate of drug-likeness (QED) is 0.167. The summed E-state index contributed by atoms with van der Waals surface area (Å²) in [4.78, 5) is 0. The molecule has 6 heteroatoms. The van der Waals surface area contributed by atoms with E-state index < -0.39 is 15.4 Å². The van der Waals surface area contributed by atoms with E-state index in [1.807, 2.05) is 0 Å². The molecule has 0 amide bonds. The van der Waals surface area contributed by atoms with Crippen LogP contribution in [0.2, 0.25) is 0 Å². The van der Waals surface area contributed by atoms with Gasteiger partial charge in [0.1, 0.15) is 0 Å². The van der Waals surface area contributed by atoms with Crippen LogP contribution in [-0.4, -0.2) is 29.4 Å². The van der Waals surface area contributed by atoms with Crippen molar-refractivity contribution in [2.45, 2.75) is 147 Å². The van der Waals surface area contributed by atoms with Crippen LogP contribution in [0.5, 0.6) is 0 Å². The van der Waals surface area contributed by atoms with Gasteiger partial charge in [0.2, 0.25) is 0 Å². The molecule has 0 aromatic carbocycles. The van der Waals surface area contributed by atoms with Gasteiger partial charge in [-0.2, -0.15) is 0 Å². The third-order valence-corrected chi connectivity index (χ3v) is 7.00. The van der Waals surface area contributed by atoms with Gasteiger partial charge in [0, 0.05) is 5.25 Å². The smallest absolute Gasteiger partial charge is 0.748 e. The number of hydrogen-bond acceptors (Lipinski definition) is 4. The zero-order valence-corrected chi connectivity index (χ0v) is 22.5. The van der Waals surface area contributed by atoms with E-state index in [9.17, 15) is 18.1 Å². The number of hydrogen-bond donors (Lipinski definition) is 1. The Kier molecular flexibility index (Phi) is 24.4. The first-order valence-electron chi connectivity index (χ1n) is 12.0. The number of aliphatic hydroxyl groups is 1. The van der Waals surface area contributed by atoms with Gasteiger partial charge in [-0.1, -0.05) is 110 Å². The van der Waals surface area contributed by atoms with E-state index in [0.29, 0.717) is 6.42 Å². The Labute approximate surface area is 204 Å². The minimum absolute atomic E-state index is 0. The summed E-state index contributed by atoms with van der Waals surface area (Å²) < 4.78 is 32.4. The van der Waals surface area contributed by atoms with Crippen LogP contribution in [0.25, 0.3) is 0 Å². The normalized spacial score (nSPS) is 13.8. The summed E-state index contributed by atoms with van der Waals surface area (Å²) in [5.74, 6) is 0. The summed E-state index contributed by atoms with van der Waals surface area (Å²) in [6.45, 7) is 3.75. The van der Waals surface area contributed by atoms with E-state index in [1.165, 1.54) is 84.0 Å². The van der Waals surface area contributed by atoms with Crippen molar-refractivity contribution in [1.82, 2.24) is 0 Å². The molecule has 170 valence electrons. The Hall–Kier alpha value is 0.870. The molecule has 0 aliphatic rings. The van der Waals surface area contributed by atoms with Gasteiger partial charge in [0.15, 0.2) is 0 Å². The van der Waals surface area contributed by atoms with Gasteiger partial charge in [0.25, 0.3) is 0 Å². The Morgan fingerprint density at radius 1 is 0.655 bits per heavy atom. The van der Waals surface area contributed by atoms with Crippen molar-refractivity contribution in [3.8, 4) is 0 Å². The maximum absolute atomic E-state index is 10.8. The Morgan fingerprint density at radius 3 is 1.31 bits per heavy atom. The predicted molar refractivity (Wildman–Crippen MR) is 119 cm³/mol. The summed E-state index contributed by atoms with van der Waals surface area (Å²) in [6.07, 6.45) is 21.7. The molecule has 0 radical (unpaired) electrons. The Bertz CT molecular complexity index is 429. The van der Waals surface area contributed by atoms with Gasteiger partial charge in [0.05, 0.1) is 16.2 Å². The second kappa shape index (κ2) is 22.1. The molecule has 0 spiro atoms. The Morgan fingerprint density at radius 2 is 0.966 bits per heavy atom. The van der Waals surface area contributed by atoms with Crippen LogP contribution in [0, 0.1) is 0 Å². The summed E-state index contributed by atoms with van der Waals surface area (Å²) >= 11 is 0. The molecule has 0 heterocycles. The molecule has 0 aliphatic carbocycles. The largest absolute Gasteiger partial charge is 1.00 e. The summed E-state index contributed by atoms with van der Waals surface area (Å²) in [5.41, 5.74) is 0. The maximum atomic E-state index is 10.8. The van der Waals surface area contributed by atoms with Gasteiger partial charge >= 0.3 is 29.6 Å². The third kappa shape index (κ3) is 23.4. The molecule has 0 fully saturated rings. The average molecular weight is 443 g/mol. The van der Waals surface area contributed by atoms with Gasteiger partial charge in [-0.15, -0.1) is 0 Å². The number of aliphatic hydroxyl groups excluding tert-OH is 1. The van der Waals surface area contributed by atoms with Crippen molar-refractivity contribution >= 4 is 10.1 Å². The molecule has 2 unspecified atom stereocenters. The van der Waals surface area contributed by atoms with E-state index in [2.05, 4.69) is 6.92 Å². The van der Waals surface area contributed by atoms with Crippen molar-refractivity contribution in [3.63, 3.8) is 0 Å². The van der Waals surface area contributed by atoms with Crippen molar-refractivity contribution < 1.29 is 47.6 Å². The van der Waals surface area contributed by atoms with E-state index >= 15 is 0 Å². The Balaban J connectivity index is 0. The molecular weight excluding hydrogens is 395 g/mol. The SMILES string of the molecule is CCCCCCCCCC(O)CCCCCCCCCCCC(C)S(=O)(=O)[O-].[Na+]. The molecule has 2 atom stereocenters.